The fourth-order valence-corrected chi connectivity index (χ4v) is 1.90. The second-order valence-corrected chi connectivity index (χ2v) is 4.20. The highest BCUT2D eigenvalue weighted by Gasteiger charge is 2.28. The second-order valence-electron chi connectivity index (χ2n) is 4.20. The van der Waals surface area contributed by atoms with Gasteiger partial charge in [0.2, 0.25) is 0 Å². The number of ether oxygens (including phenoxy) is 1. The predicted molar refractivity (Wildman–Crippen MR) is 59.4 cm³/mol. The Morgan fingerprint density at radius 2 is 2.13 bits per heavy atom. The molecule has 0 heterocycles. The maximum Gasteiger partial charge on any atom is 0.169 e. The van der Waals surface area contributed by atoms with Gasteiger partial charge in [-0.3, -0.25) is 4.79 Å². The molecule has 2 nitrogen and oxygen atoms in total. The molecule has 80 valence electrons. The van der Waals surface area contributed by atoms with Crippen molar-refractivity contribution in [2.45, 2.75) is 26.2 Å². The number of methoxy groups -OCH3 is 1. The minimum atomic E-state index is 0.237. The summed E-state index contributed by atoms with van der Waals surface area (Å²) in [4.78, 5) is 12.1. The Bertz CT molecular complexity index is 378. The summed E-state index contributed by atoms with van der Waals surface area (Å²) in [6.45, 7) is 2.00. The highest BCUT2D eigenvalue weighted by Crippen LogP contribution is 2.32. The fourth-order valence-electron chi connectivity index (χ4n) is 1.90. The van der Waals surface area contributed by atoms with Crippen LogP contribution in [0, 0.1) is 12.8 Å². The summed E-state index contributed by atoms with van der Waals surface area (Å²) in [6.07, 6.45) is 3.26. The largest absolute Gasteiger partial charge is 0.496 e. The first-order chi connectivity index (χ1) is 7.22. The zero-order chi connectivity index (χ0) is 10.8. The highest BCUT2D eigenvalue weighted by atomic mass is 16.5. The first kappa shape index (κ1) is 10.2. The Labute approximate surface area is 90.3 Å². The van der Waals surface area contributed by atoms with E-state index >= 15 is 0 Å². The molecule has 1 fully saturated rings. The van der Waals surface area contributed by atoms with Crippen molar-refractivity contribution in [2.24, 2.45) is 5.92 Å². The van der Waals surface area contributed by atoms with Gasteiger partial charge >= 0.3 is 0 Å². The molecule has 2 heteroatoms. The van der Waals surface area contributed by atoms with Gasteiger partial charge in [-0.1, -0.05) is 18.1 Å². The molecular weight excluding hydrogens is 188 g/mol. The van der Waals surface area contributed by atoms with Gasteiger partial charge in [0, 0.05) is 5.92 Å². The lowest BCUT2D eigenvalue weighted by Gasteiger charge is -2.24. The third-order valence-electron chi connectivity index (χ3n) is 3.10. The van der Waals surface area contributed by atoms with Crippen molar-refractivity contribution >= 4 is 5.78 Å². The molecule has 0 N–H and O–H groups in total. The van der Waals surface area contributed by atoms with Crippen molar-refractivity contribution in [3.05, 3.63) is 29.3 Å². The third kappa shape index (κ3) is 1.89. The van der Waals surface area contributed by atoms with Crippen LogP contribution in [0.2, 0.25) is 0 Å². The van der Waals surface area contributed by atoms with Crippen molar-refractivity contribution < 1.29 is 9.53 Å². The van der Waals surface area contributed by atoms with E-state index < -0.39 is 0 Å². The Balaban J connectivity index is 2.31. The molecule has 0 aromatic heterocycles. The molecule has 0 aliphatic heterocycles. The van der Waals surface area contributed by atoms with Gasteiger partial charge in [-0.15, -0.1) is 0 Å². The van der Waals surface area contributed by atoms with Crippen LogP contribution < -0.4 is 4.74 Å². The predicted octanol–water partition coefficient (Wildman–Crippen LogP) is 2.99. The maximum absolute atomic E-state index is 12.1. The third-order valence-corrected chi connectivity index (χ3v) is 3.10. The van der Waals surface area contributed by atoms with Crippen LogP contribution in [0.1, 0.15) is 35.2 Å². The number of hydrogen-bond donors (Lipinski definition) is 0. The molecular formula is C13H16O2. The van der Waals surface area contributed by atoms with Crippen LogP contribution in [0.5, 0.6) is 5.75 Å². The van der Waals surface area contributed by atoms with Gasteiger partial charge in [-0.25, -0.2) is 0 Å². The molecule has 0 unspecified atom stereocenters. The topological polar surface area (TPSA) is 26.3 Å². The molecule has 0 amide bonds. The summed E-state index contributed by atoms with van der Waals surface area (Å²) < 4.78 is 5.22. The molecule has 1 saturated carbocycles. The summed E-state index contributed by atoms with van der Waals surface area (Å²) >= 11 is 0. The van der Waals surface area contributed by atoms with E-state index in [0.717, 1.165) is 24.0 Å². The zero-order valence-electron chi connectivity index (χ0n) is 9.25. The Kier molecular flexibility index (Phi) is 2.76. The molecule has 2 rings (SSSR count). The maximum atomic E-state index is 12.1. The molecule has 1 aromatic rings. The van der Waals surface area contributed by atoms with Gasteiger partial charge in [0.15, 0.2) is 5.78 Å². The number of aryl methyl sites for hydroxylation is 1. The molecule has 0 atom stereocenters. The van der Waals surface area contributed by atoms with Crippen molar-refractivity contribution in [3.8, 4) is 5.75 Å². The van der Waals surface area contributed by atoms with Gasteiger partial charge in [0.25, 0.3) is 0 Å². The number of carbonyl (C=O) groups excluding carboxylic acids is 1. The lowest BCUT2D eigenvalue weighted by atomic mass is 9.79. The van der Waals surface area contributed by atoms with Gasteiger partial charge < -0.3 is 4.74 Å². The van der Waals surface area contributed by atoms with E-state index in [4.69, 9.17) is 4.74 Å². The van der Waals surface area contributed by atoms with Crippen molar-refractivity contribution in [2.75, 3.05) is 7.11 Å². The molecule has 15 heavy (non-hydrogen) atoms. The Morgan fingerprint density at radius 3 is 2.67 bits per heavy atom. The average molecular weight is 204 g/mol. The van der Waals surface area contributed by atoms with Crippen LogP contribution in [0.25, 0.3) is 0 Å². The zero-order valence-corrected chi connectivity index (χ0v) is 9.25. The molecule has 1 aliphatic rings. The Hall–Kier alpha value is -1.31. The van der Waals surface area contributed by atoms with E-state index in [9.17, 15) is 4.79 Å². The number of carbonyl (C=O) groups is 1. The summed E-state index contributed by atoms with van der Waals surface area (Å²) in [5.74, 6) is 1.19. The van der Waals surface area contributed by atoms with E-state index in [1.54, 1.807) is 7.11 Å². The second kappa shape index (κ2) is 4.05. The SMILES string of the molecule is COc1ccc(C)cc1C(=O)C1CCC1. The van der Waals surface area contributed by atoms with Gasteiger partial charge in [-0.2, -0.15) is 0 Å². The number of Topliss-reactive ketones (excluding diaryl/α,β-unsaturated/α-hetero) is 1. The normalized spacial score (nSPS) is 15.9. The number of rotatable bonds is 3. The number of ketones is 1. The van der Waals surface area contributed by atoms with Crippen LogP contribution in [-0.4, -0.2) is 12.9 Å². The van der Waals surface area contributed by atoms with Crippen LogP contribution in [0.4, 0.5) is 0 Å². The van der Waals surface area contributed by atoms with Crippen molar-refractivity contribution in [3.63, 3.8) is 0 Å². The lowest BCUT2D eigenvalue weighted by Crippen LogP contribution is -2.22. The average Bonchev–Trinajstić information content (AvgIpc) is 2.15. The molecule has 0 saturated heterocycles. The van der Waals surface area contributed by atoms with E-state index in [0.29, 0.717) is 5.75 Å². The van der Waals surface area contributed by atoms with E-state index in [1.165, 1.54) is 6.42 Å². The molecule has 0 spiro atoms. The standard InChI is InChI=1S/C13H16O2/c1-9-6-7-12(15-2)11(8-9)13(14)10-4-3-5-10/h6-8,10H,3-5H2,1-2H3. The van der Waals surface area contributed by atoms with E-state index in [2.05, 4.69) is 0 Å². The quantitative estimate of drug-likeness (QED) is 0.707. The fraction of sp³-hybridized carbons (Fsp3) is 0.462. The van der Waals surface area contributed by atoms with Crippen LogP contribution in [-0.2, 0) is 0 Å². The monoisotopic (exact) mass is 204 g/mol. The van der Waals surface area contributed by atoms with Crippen molar-refractivity contribution in [1.82, 2.24) is 0 Å². The highest BCUT2D eigenvalue weighted by molar-refractivity contribution is 6.00. The summed E-state index contributed by atoms with van der Waals surface area (Å²) in [6, 6.07) is 5.77. The molecule has 0 radical (unpaired) electrons. The van der Waals surface area contributed by atoms with Gasteiger partial charge in [0.1, 0.15) is 5.75 Å². The molecule has 0 bridgehead atoms. The van der Waals surface area contributed by atoms with Crippen LogP contribution in [0.3, 0.4) is 0 Å². The van der Waals surface area contributed by atoms with Crippen molar-refractivity contribution in [1.29, 1.82) is 0 Å². The minimum Gasteiger partial charge on any atom is -0.496 e. The van der Waals surface area contributed by atoms with Gasteiger partial charge in [0.05, 0.1) is 12.7 Å². The Morgan fingerprint density at radius 1 is 1.40 bits per heavy atom. The van der Waals surface area contributed by atoms with E-state index in [1.807, 2.05) is 25.1 Å². The first-order valence-corrected chi connectivity index (χ1v) is 5.41. The minimum absolute atomic E-state index is 0.237. The number of hydrogen-bond acceptors (Lipinski definition) is 2. The number of benzene rings is 1. The van der Waals surface area contributed by atoms with Crippen LogP contribution >= 0.6 is 0 Å². The molecule has 1 aliphatic carbocycles. The first-order valence-electron chi connectivity index (χ1n) is 5.41. The smallest absolute Gasteiger partial charge is 0.169 e. The summed E-state index contributed by atoms with van der Waals surface area (Å²) in [5.41, 5.74) is 1.86. The van der Waals surface area contributed by atoms with Crippen LogP contribution in [0.15, 0.2) is 18.2 Å². The summed E-state index contributed by atoms with van der Waals surface area (Å²) in [7, 11) is 1.61. The van der Waals surface area contributed by atoms with Gasteiger partial charge in [-0.05, 0) is 31.9 Å². The van der Waals surface area contributed by atoms with E-state index in [-0.39, 0.29) is 11.7 Å². The molecule has 1 aromatic carbocycles. The lowest BCUT2D eigenvalue weighted by molar-refractivity contribution is 0.0852. The summed E-state index contributed by atoms with van der Waals surface area (Å²) in [5, 5.41) is 0.